The largest absolute Gasteiger partial charge is 0.481 e. The zero-order valence-corrected chi connectivity index (χ0v) is 21.4. The summed E-state index contributed by atoms with van der Waals surface area (Å²) in [7, 11) is 0. The number of carbonyl (C=O) groups excluding carboxylic acids is 2. The number of aliphatic carboxylic acids is 1. The first-order valence-corrected chi connectivity index (χ1v) is 12.4. The second-order valence-corrected chi connectivity index (χ2v) is 9.34. The van der Waals surface area contributed by atoms with E-state index in [2.05, 4.69) is 16.5 Å². The van der Waals surface area contributed by atoms with Crippen LogP contribution in [0.1, 0.15) is 47.3 Å². The van der Waals surface area contributed by atoms with Crippen LogP contribution in [0.15, 0.2) is 48.7 Å². The molecule has 0 radical (unpaired) electrons. The summed E-state index contributed by atoms with van der Waals surface area (Å²) in [6, 6.07) is 14.5. The molecule has 1 aliphatic rings. The molecule has 1 aromatic heterocycles. The van der Waals surface area contributed by atoms with Gasteiger partial charge in [-0.1, -0.05) is 11.6 Å². The van der Waals surface area contributed by atoms with Gasteiger partial charge in [0.25, 0.3) is 5.91 Å². The Hall–Kier alpha value is -4.36. The molecule has 2 aromatic carbocycles. The van der Waals surface area contributed by atoms with E-state index in [0.717, 1.165) is 11.4 Å². The lowest BCUT2D eigenvalue weighted by Gasteiger charge is -2.33. The molecule has 0 bridgehead atoms. The van der Waals surface area contributed by atoms with E-state index in [9.17, 15) is 19.6 Å². The van der Waals surface area contributed by atoms with Crippen molar-refractivity contribution in [3.8, 4) is 11.8 Å². The number of nitrogens with one attached hydrogen (secondary N) is 1. The molecule has 11 heteroatoms. The molecule has 0 spiro atoms. The van der Waals surface area contributed by atoms with Crippen LogP contribution in [0.2, 0.25) is 5.02 Å². The van der Waals surface area contributed by atoms with Gasteiger partial charge in [-0.15, -0.1) is 0 Å². The van der Waals surface area contributed by atoms with Crippen molar-refractivity contribution in [3.05, 3.63) is 70.5 Å². The molecule has 0 aliphatic carbocycles. The number of ether oxygens (including phenoxy) is 1. The van der Waals surface area contributed by atoms with E-state index >= 15 is 0 Å². The van der Waals surface area contributed by atoms with Gasteiger partial charge in [-0.2, -0.15) is 10.4 Å². The molecule has 1 amide bonds. The number of carboxylic acids is 1. The monoisotopic (exact) mass is 535 g/mol. The Balaban J connectivity index is 1.39. The summed E-state index contributed by atoms with van der Waals surface area (Å²) in [5.41, 5.74) is 3.47. The summed E-state index contributed by atoms with van der Waals surface area (Å²) in [5, 5.41) is 26.2. The third kappa shape index (κ3) is 6.30. The average Bonchev–Trinajstić information content (AvgIpc) is 3.29. The molecular formula is C27H26ClN5O5. The molecule has 0 unspecified atom stereocenters. The van der Waals surface area contributed by atoms with Crippen LogP contribution in [0.4, 0.5) is 11.4 Å². The highest BCUT2D eigenvalue weighted by Crippen LogP contribution is 2.28. The second-order valence-electron chi connectivity index (χ2n) is 8.90. The number of piperidine rings is 1. The minimum Gasteiger partial charge on any atom is -0.481 e. The van der Waals surface area contributed by atoms with E-state index in [1.165, 1.54) is 6.20 Å². The fourth-order valence-electron chi connectivity index (χ4n) is 4.32. The Morgan fingerprint density at radius 1 is 1.16 bits per heavy atom. The molecule has 2 heterocycles. The highest BCUT2D eigenvalue weighted by atomic mass is 35.5. The van der Waals surface area contributed by atoms with Gasteiger partial charge in [0.05, 0.1) is 47.2 Å². The molecule has 1 aliphatic heterocycles. The van der Waals surface area contributed by atoms with Crippen LogP contribution >= 0.6 is 11.6 Å². The van der Waals surface area contributed by atoms with Crippen molar-refractivity contribution < 1.29 is 24.2 Å². The molecule has 2 N–H and O–H groups in total. The summed E-state index contributed by atoms with van der Waals surface area (Å²) < 4.78 is 7.03. The predicted molar refractivity (Wildman–Crippen MR) is 141 cm³/mol. The minimum absolute atomic E-state index is 0.150. The van der Waals surface area contributed by atoms with Crippen LogP contribution in [0.5, 0.6) is 0 Å². The van der Waals surface area contributed by atoms with Crippen LogP contribution in [0.3, 0.4) is 0 Å². The van der Waals surface area contributed by atoms with Gasteiger partial charge in [-0.25, -0.2) is 4.68 Å². The van der Waals surface area contributed by atoms with Gasteiger partial charge in [0.15, 0.2) is 0 Å². The Bertz CT molecular complexity index is 1390. The Kier molecular flexibility index (Phi) is 8.28. The normalized spacial score (nSPS) is 13.6. The molecule has 3 aromatic rings. The van der Waals surface area contributed by atoms with E-state index < -0.39 is 11.9 Å². The first kappa shape index (κ1) is 26.7. The molecule has 4 rings (SSSR count). The summed E-state index contributed by atoms with van der Waals surface area (Å²) in [6.45, 7) is 2.94. The molecule has 0 saturated carbocycles. The van der Waals surface area contributed by atoms with E-state index in [4.69, 9.17) is 21.4 Å². The Morgan fingerprint density at radius 2 is 1.87 bits per heavy atom. The first-order chi connectivity index (χ1) is 18.2. The first-order valence-electron chi connectivity index (χ1n) is 12.1. The lowest BCUT2D eigenvalue weighted by atomic mass is 10.0. The van der Waals surface area contributed by atoms with E-state index in [-0.39, 0.29) is 24.9 Å². The van der Waals surface area contributed by atoms with Gasteiger partial charge in [0, 0.05) is 36.6 Å². The molecule has 1 saturated heterocycles. The number of anilines is 2. The lowest BCUT2D eigenvalue weighted by Crippen LogP contribution is -2.38. The van der Waals surface area contributed by atoms with E-state index in [0.29, 0.717) is 53.5 Å². The smallest absolute Gasteiger partial charge is 0.306 e. The van der Waals surface area contributed by atoms with Gasteiger partial charge in [-0.3, -0.25) is 14.4 Å². The topological polar surface area (TPSA) is 138 Å². The average molecular weight is 536 g/mol. The van der Waals surface area contributed by atoms with E-state index in [1.807, 2.05) is 17.0 Å². The van der Waals surface area contributed by atoms with Gasteiger partial charge >= 0.3 is 11.9 Å². The van der Waals surface area contributed by atoms with Crippen molar-refractivity contribution in [1.82, 2.24) is 9.78 Å². The number of nitrogens with zero attached hydrogens (tertiary/aromatic N) is 4. The highest BCUT2D eigenvalue weighted by Gasteiger charge is 2.24. The molecule has 196 valence electrons. The number of esters is 1. The quantitative estimate of drug-likeness (QED) is 0.406. The number of hydrogen-bond donors (Lipinski definition) is 2. The van der Waals surface area contributed by atoms with Crippen LogP contribution in [-0.2, 0) is 14.3 Å². The molecule has 10 nitrogen and oxygen atoms in total. The summed E-state index contributed by atoms with van der Waals surface area (Å²) in [4.78, 5) is 37.4. The predicted octanol–water partition coefficient (Wildman–Crippen LogP) is 4.33. The number of benzene rings is 2. The SMILES string of the molecule is Cc1c(C(=O)Nc2ccc(N3CCC(OC(=O)CCC(=O)O)CC3)c(C#N)c2)cnn1-c1ccc(Cl)cc1. The van der Waals surface area contributed by atoms with Crippen molar-refractivity contribution in [2.75, 3.05) is 23.3 Å². The van der Waals surface area contributed by atoms with Crippen molar-refractivity contribution >= 4 is 40.8 Å². The zero-order valence-electron chi connectivity index (χ0n) is 20.7. The van der Waals surface area contributed by atoms with Crippen LogP contribution in [0, 0.1) is 18.3 Å². The van der Waals surface area contributed by atoms with Crippen LogP contribution < -0.4 is 10.2 Å². The number of rotatable bonds is 8. The maximum atomic E-state index is 13.0. The minimum atomic E-state index is -1.04. The third-order valence-electron chi connectivity index (χ3n) is 6.32. The highest BCUT2D eigenvalue weighted by molar-refractivity contribution is 6.30. The molecule has 38 heavy (non-hydrogen) atoms. The summed E-state index contributed by atoms with van der Waals surface area (Å²) >= 11 is 5.96. The van der Waals surface area contributed by atoms with Gasteiger partial charge in [-0.05, 0) is 49.4 Å². The fourth-order valence-corrected chi connectivity index (χ4v) is 4.45. The maximum absolute atomic E-state index is 13.0. The number of halogens is 1. The maximum Gasteiger partial charge on any atom is 0.306 e. The van der Waals surface area contributed by atoms with E-state index in [1.54, 1.807) is 41.9 Å². The standard InChI is InChI=1S/C27H26ClN5O5/c1-17-23(16-30-33(17)21-5-2-19(28)3-6-21)27(37)31-20-4-7-24(18(14-20)15-29)32-12-10-22(11-13-32)38-26(36)9-8-25(34)35/h2-7,14,16,22H,8-13H2,1H3,(H,31,37)(H,34,35). The van der Waals surface area contributed by atoms with Crippen LogP contribution in [0.25, 0.3) is 5.69 Å². The van der Waals surface area contributed by atoms with Crippen molar-refractivity contribution in [3.63, 3.8) is 0 Å². The second kappa shape index (κ2) is 11.8. The number of carbonyl (C=O) groups is 3. The number of aromatic nitrogens is 2. The number of carboxylic acid groups (broad SMARTS) is 1. The van der Waals surface area contributed by atoms with Crippen molar-refractivity contribution in [2.24, 2.45) is 0 Å². The summed E-state index contributed by atoms with van der Waals surface area (Å²) in [5.74, 6) is -1.90. The third-order valence-corrected chi connectivity index (χ3v) is 6.58. The molecule has 0 atom stereocenters. The molecular weight excluding hydrogens is 510 g/mol. The fraction of sp³-hybridized carbons (Fsp3) is 0.296. The van der Waals surface area contributed by atoms with Crippen molar-refractivity contribution in [2.45, 2.75) is 38.7 Å². The molecule has 1 fully saturated rings. The lowest BCUT2D eigenvalue weighted by molar-refractivity contribution is -0.152. The van der Waals surface area contributed by atoms with Crippen molar-refractivity contribution in [1.29, 1.82) is 5.26 Å². The number of nitriles is 1. The Morgan fingerprint density at radius 3 is 2.53 bits per heavy atom. The van der Waals surface area contributed by atoms with Gasteiger partial charge < -0.3 is 20.1 Å². The van der Waals surface area contributed by atoms with Gasteiger partial charge in [0.2, 0.25) is 0 Å². The van der Waals surface area contributed by atoms with Gasteiger partial charge in [0.1, 0.15) is 12.2 Å². The number of amides is 1. The van der Waals surface area contributed by atoms with Crippen LogP contribution in [-0.4, -0.2) is 51.9 Å². The zero-order chi connectivity index (χ0) is 27.2. The number of hydrogen-bond acceptors (Lipinski definition) is 7. The Labute approximate surface area is 224 Å². The summed E-state index contributed by atoms with van der Waals surface area (Å²) in [6.07, 6.45) is 1.95.